The fourth-order valence-corrected chi connectivity index (χ4v) is 2.01. The van der Waals surface area contributed by atoms with E-state index >= 15 is 0 Å². The maximum absolute atomic E-state index is 12.3. The van der Waals surface area contributed by atoms with Crippen LogP contribution in [0.25, 0.3) is 0 Å². The number of hydrogen-bond donors (Lipinski definition) is 1. The summed E-state index contributed by atoms with van der Waals surface area (Å²) in [6, 6.07) is 7.35. The van der Waals surface area contributed by atoms with Gasteiger partial charge in [0.1, 0.15) is 5.15 Å². The number of nitro benzene ring substituents is 1. The average molecular weight is 306 g/mol. The highest BCUT2D eigenvalue weighted by Gasteiger charge is 2.15. The molecule has 0 unspecified atom stereocenters. The molecular formula is C14H12ClN3O3. The summed E-state index contributed by atoms with van der Waals surface area (Å²) in [7, 11) is 0. The van der Waals surface area contributed by atoms with Crippen LogP contribution in [-0.4, -0.2) is 15.8 Å². The summed E-state index contributed by atoms with van der Waals surface area (Å²) in [5.41, 5.74) is 1.85. The van der Waals surface area contributed by atoms with Crippen molar-refractivity contribution in [2.24, 2.45) is 0 Å². The number of benzene rings is 1. The van der Waals surface area contributed by atoms with Crippen LogP contribution in [0.2, 0.25) is 5.15 Å². The number of rotatable bonds is 3. The van der Waals surface area contributed by atoms with E-state index < -0.39 is 10.8 Å². The number of amides is 1. The van der Waals surface area contributed by atoms with E-state index in [9.17, 15) is 14.9 Å². The van der Waals surface area contributed by atoms with Crippen LogP contribution in [0.3, 0.4) is 0 Å². The van der Waals surface area contributed by atoms with Gasteiger partial charge in [-0.1, -0.05) is 17.7 Å². The Morgan fingerprint density at radius 2 is 2.00 bits per heavy atom. The van der Waals surface area contributed by atoms with Gasteiger partial charge in [0.05, 0.1) is 16.3 Å². The molecule has 0 spiro atoms. The van der Waals surface area contributed by atoms with Crippen molar-refractivity contribution in [3.63, 3.8) is 0 Å². The highest BCUT2D eigenvalue weighted by Crippen LogP contribution is 2.20. The largest absolute Gasteiger partial charge is 0.320 e. The third-order valence-electron chi connectivity index (χ3n) is 2.98. The molecule has 2 rings (SSSR count). The number of carbonyl (C=O) groups is 1. The van der Waals surface area contributed by atoms with Crippen molar-refractivity contribution in [2.45, 2.75) is 13.8 Å². The topological polar surface area (TPSA) is 85.1 Å². The third kappa shape index (κ3) is 3.35. The van der Waals surface area contributed by atoms with Crippen LogP contribution < -0.4 is 5.32 Å². The van der Waals surface area contributed by atoms with Gasteiger partial charge in [0.2, 0.25) is 0 Å². The number of nitrogens with one attached hydrogen (secondary N) is 1. The predicted molar refractivity (Wildman–Crippen MR) is 79.8 cm³/mol. The zero-order chi connectivity index (χ0) is 15.6. The van der Waals surface area contributed by atoms with Crippen LogP contribution in [0.1, 0.15) is 21.6 Å². The Labute approximate surface area is 125 Å². The van der Waals surface area contributed by atoms with Crippen LogP contribution in [0.4, 0.5) is 11.4 Å². The second kappa shape index (κ2) is 5.88. The summed E-state index contributed by atoms with van der Waals surface area (Å²) in [4.78, 5) is 26.5. The van der Waals surface area contributed by atoms with Crippen LogP contribution in [0, 0.1) is 24.0 Å². The van der Waals surface area contributed by atoms with E-state index in [-0.39, 0.29) is 11.3 Å². The summed E-state index contributed by atoms with van der Waals surface area (Å²) >= 11 is 5.75. The van der Waals surface area contributed by atoms with Gasteiger partial charge in [-0.25, -0.2) is 4.98 Å². The second-order valence-electron chi connectivity index (χ2n) is 4.48. The Hall–Kier alpha value is -2.47. The van der Waals surface area contributed by atoms with E-state index in [4.69, 9.17) is 11.6 Å². The summed E-state index contributed by atoms with van der Waals surface area (Å²) in [6.07, 6.45) is 0. The van der Waals surface area contributed by atoms with E-state index in [0.717, 1.165) is 0 Å². The molecule has 7 heteroatoms. The van der Waals surface area contributed by atoms with Gasteiger partial charge in [-0.15, -0.1) is 0 Å². The van der Waals surface area contributed by atoms with E-state index in [1.807, 2.05) is 0 Å². The van der Waals surface area contributed by atoms with Gasteiger partial charge in [-0.2, -0.15) is 0 Å². The molecule has 0 bridgehead atoms. The molecule has 1 N–H and O–H groups in total. The lowest BCUT2D eigenvalue weighted by Crippen LogP contribution is -2.15. The Bertz CT molecular complexity index is 731. The van der Waals surface area contributed by atoms with E-state index in [0.29, 0.717) is 22.1 Å². The van der Waals surface area contributed by atoms with Gasteiger partial charge in [-0.3, -0.25) is 14.9 Å². The van der Waals surface area contributed by atoms with Crippen molar-refractivity contribution in [1.29, 1.82) is 0 Å². The van der Waals surface area contributed by atoms with Gasteiger partial charge in [0.25, 0.3) is 11.6 Å². The smallest absolute Gasteiger partial charge is 0.270 e. The molecule has 0 atom stereocenters. The molecule has 0 aliphatic carbocycles. The number of nitro groups is 1. The molecule has 1 aromatic heterocycles. The molecule has 6 nitrogen and oxygen atoms in total. The highest BCUT2D eigenvalue weighted by atomic mass is 35.5. The number of nitrogens with zero attached hydrogens (tertiary/aromatic N) is 2. The van der Waals surface area contributed by atoms with Gasteiger partial charge in [-0.05, 0) is 31.5 Å². The SMILES string of the molecule is Cc1ccc([N+](=O)[O-])cc1C(=O)Nc1ccc(Cl)nc1C. The zero-order valence-electron chi connectivity index (χ0n) is 11.4. The maximum atomic E-state index is 12.3. The maximum Gasteiger partial charge on any atom is 0.270 e. The van der Waals surface area contributed by atoms with Crippen molar-refractivity contribution < 1.29 is 9.72 Å². The summed E-state index contributed by atoms with van der Waals surface area (Å²) in [6.45, 7) is 3.42. The average Bonchev–Trinajstić information content (AvgIpc) is 2.42. The third-order valence-corrected chi connectivity index (χ3v) is 3.19. The minimum absolute atomic E-state index is 0.128. The zero-order valence-corrected chi connectivity index (χ0v) is 12.1. The number of anilines is 1. The fourth-order valence-electron chi connectivity index (χ4n) is 1.82. The lowest BCUT2D eigenvalue weighted by Gasteiger charge is -2.09. The van der Waals surface area contributed by atoms with Crippen LogP contribution >= 0.6 is 11.6 Å². The van der Waals surface area contributed by atoms with E-state index in [1.165, 1.54) is 12.1 Å². The number of carbonyl (C=O) groups excluding carboxylic acids is 1. The standard InChI is InChI=1S/C14H12ClN3O3/c1-8-3-4-10(18(20)21)7-11(8)14(19)17-12-5-6-13(15)16-9(12)2/h3-7H,1-2H3,(H,17,19). The van der Waals surface area contributed by atoms with Crippen LogP contribution in [-0.2, 0) is 0 Å². The highest BCUT2D eigenvalue weighted by molar-refractivity contribution is 6.29. The molecule has 0 saturated carbocycles. The Morgan fingerprint density at radius 3 is 2.62 bits per heavy atom. The second-order valence-corrected chi connectivity index (χ2v) is 4.86. The Balaban J connectivity index is 2.32. The summed E-state index contributed by atoms with van der Waals surface area (Å²) in [5.74, 6) is -0.427. The number of non-ortho nitro benzene ring substituents is 1. The molecule has 1 aromatic carbocycles. The van der Waals surface area contributed by atoms with Crippen LogP contribution in [0.15, 0.2) is 30.3 Å². The number of aromatic nitrogens is 1. The molecule has 0 aliphatic rings. The van der Waals surface area contributed by atoms with Gasteiger partial charge in [0.15, 0.2) is 0 Å². The fraction of sp³-hybridized carbons (Fsp3) is 0.143. The first-order valence-electron chi connectivity index (χ1n) is 6.08. The number of aryl methyl sites for hydroxylation is 2. The Morgan fingerprint density at radius 1 is 1.29 bits per heavy atom. The Kier molecular flexibility index (Phi) is 4.18. The molecule has 0 radical (unpaired) electrons. The molecule has 0 saturated heterocycles. The first-order valence-corrected chi connectivity index (χ1v) is 6.46. The molecular weight excluding hydrogens is 294 g/mol. The summed E-state index contributed by atoms with van der Waals surface area (Å²) < 4.78 is 0. The quantitative estimate of drug-likeness (QED) is 0.534. The normalized spacial score (nSPS) is 10.2. The van der Waals surface area contributed by atoms with Crippen molar-refractivity contribution in [3.05, 3.63) is 62.4 Å². The number of hydrogen-bond acceptors (Lipinski definition) is 4. The van der Waals surface area contributed by atoms with Gasteiger partial charge in [0, 0.05) is 17.7 Å². The van der Waals surface area contributed by atoms with Crippen LogP contribution in [0.5, 0.6) is 0 Å². The lowest BCUT2D eigenvalue weighted by molar-refractivity contribution is -0.384. The molecule has 1 heterocycles. The van der Waals surface area contributed by atoms with Crippen molar-refractivity contribution in [3.8, 4) is 0 Å². The van der Waals surface area contributed by atoms with Crippen molar-refractivity contribution >= 4 is 28.9 Å². The van der Waals surface area contributed by atoms with Gasteiger partial charge < -0.3 is 5.32 Å². The first-order chi connectivity index (χ1) is 9.88. The monoisotopic (exact) mass is 305 g/mol. The predicted octanol–water partition coefficient (Wildman–Crippen LogP) is 3.51. The van der Waals surface area contributed by atoms with Crippen molar-refractivity contribution in [1.82, 2.24) is 4.98 Å². The molecule has 108 valence electrons. The number of halogens is 1. The van der Waals surface area contributed by atoms with Gasteiger partial charge >= 0.3 is 0 Å². The van der Waals surface area contributed by atoms with E-state index in [1.54, 1.807) is 32.0 Å². The minimum Gasteiger partial charge on any atom is -0.320 e. The molecule has 2 aromatic rings. The molecule has 0 fully saturated rings. The summed E-state index contributed by atoms with van der Waals surface area (Å²) in [5, 5.41) is 13.8. The number of pyridine rings is 1. The molecule has 1 amide bonds. The van der Waals surface area contributed by atoms with Crippen molar-refractivity contribution in [2.75, 3.05) is 5.32 Å². The lowest BCUT2D eigenvalue weighted by atomic mass is 10.1. The molecule has 0 aliphatic heterocycles. The first kappa shape index (κ1) is 14.9. The minimum atomic E-state index is -0.536. The van der Waals surface area contributed by atoms with E-state index in [2.05, 4.69) is 10.3 Å². The molecule has 21 heavy (non-hydrogen) atoms.